The van der Waals surface area contributed by atoms with E-state index in [1.165, 1.54) is 14.0 Å². The van der Waals surface area contributed by atoms with E-state index >= 15 is 0 Å². The number of aryl methyl sites for hydroxylation is 2. The summed E-state index contributed by atoms with van der Waals surface area (Å²) in [5.41, 5.74) is 1.45. The molecule has 2 rings (SSSR count). The second-order valence-electron chi connectivity index (χ2n) is 4.41. The first kappa shape index (κ1) is 14.4. The standard InChI is InChI=1S/C13H14F3N3O/c1-8-5-4-6-10(11(8)20-3)12-17-9(2)19(18-12)7-13(14,15)16/h4-6H,7H2,1-3H3. The summed E-state index contributed by atoms with van der Waals surface area (Å²) in [6, 6.07) is 5.35. The Hall–Kier alpha value is -2.05. The Labute approximate surface area is 114 Å². The Morgan fingerprint density at radius 2 is 1.95 bits per heavy atom. The number of halogens is 3. The van der Waals surface area contributed by atoms with Gasteiger partial charge in [0, 0.05) is 0 Å². The Kier molecular flexibility index (Phi) is 3.69. The first-order chi connectivity index (χ1) is 9.31. The molecule has 2 aromatic rings. The molecule has 4 nitrogen and oxygen atoms in total. The van der Waals surface area contributed by atoms with Crippen LogP contribution in [-0.4, -0.2) is 28.1 Å². The molecule has 1 aromatic heterocycles. The van der Waals surface area contributed by atoms with Crippen molar-refractivity contribution >= 4 is 0 Å². The van der Waals surface area contributed by atoms with E-state index in [1.807, 2.05) is 13.0 Å². The number of benzene rings is 1. The molecule has 0 amide bonds. The van der Waals surface area contributed by atoms with Gasteiger partial charge in [-0.15, -0.1) is 0 Å². The summed E-state index contributed by atoms with van der Waals surface area (Å²) in [5, 5.41) is 3.92. The van der Waals surface area contributed by atoms with Crippen LogP contribution in [0.3, 0.4) is 0 Å². The number of nitrogens with zero attached hydrogens (tertiary/aromatic N) is 3. The van der Waals surface area contributed by atoms with Gasteiger partial charge in [-0.2, -0.15) is 18.3 Å². The van der Waals surface area contributed by atoms with Crippen molar-refractivity contribution in [3.8, 4) is 17.1 Å². The van der Waals surface area contributed by atoms with Crippen molar-refractivity contribution in [2.24, 2.45) is 0 Å². The van der Waals surface area contributed by atoms with Crippen molar-refractivity contribution < 1.29 is 17.9 Å². The summed E-state index contributed by atoms with van der Waals surface area (Å²) in [6.45, 7) is 2.19. The number of ether oxygens (including phenoxy) is 1. The molecule has 0 N–H and O–H groups in total. The van der Waals surface area contributed by atoms with Crippen LogP contribution in [0.1, 0.15) is 11.4 Å². The highest BCUT2D eigenvalue weighted by Gasteiger charge is 2.30. The van der Waals surface area contributed by atoms with Gasteiger partial charge in [0.15, 0.2) is 5.82 Å². The fraction of sp³-hybridized carbons (Fsp3) is 0.385. The van der Waals surface area contributed by atoms with Gasteiger partial charge in [0.2, 0.25) is 0 Å². The van der Waals surface area contributed by atoms with Crippen molar-refractivity contribution in [1.82, 2.24) is 14.8 Å². The topological polar surface area (TPSA) is 39.9 Å². The van der Waals surface area contributed by atoms with Crippen molar-refractivity contribution in [2.45, 2.75) is 26.6 Å². The summed E-state index contributed by atoms with van der Waals surface area (Å²) in [5.74, 6) is 1.00. The second kappa shape index (κ2) is 5.15. The molecule has 0 spiro atoms. The maximum Gasteiger partial charge on any atom is 0.408 e. The third kappa shape index (κ3) is 2.92. The maximum absolute atomic E-state index is 12.4. The van der Waals surface area contributed by atoms with Gasteiger partial charge in [-0.05, 0) is 25.5 Å². The fourth-order valence-electron chi connectivity index (χ4n) is 1.95. The van der Waals surface area contributed by atoms with Crippen molar-refractivity contribution in [3.05, 3.63) is 29.6 Å². The molecule has 1 aromatic carbocycles. The van der Waals surface area contributed by atoms with E-state index in [0.29, 0.717) is 11.3 Å². The predicted octanol–water partition coefficient (Wildman–Crippen LogP) is 3.13. The van der Waals surface area contributed by atoms with Crippen LogP contribution >= 0.6 is 0 Å². The maximum atomic E-state index is 12.4. The van der Waals surface area contributed by atoms with E-state index in [1.54, 1.807) is 12.1 Å². The van der Waals surface area contributed by atoms with Gasteiger partial charge in [-0.25, -0.2) is 9.67 Å². The summed E-state index contributed by atoms with van der Waals surface area (Å²) >= 11 is 0. The number of hydrogen-bond acceptors (Lipinski definition) is 3. The quantitative estimate of drug-likeness (QED) is 0.869. The lowest BCUT2D eigenvalue weighted by Gasteiger charge is -2.08. The molecule has 7 heteroatoms. The number of hydrogen-bond donors (Lipinski definition) is 0. The van der Waals surface area contributed by atoms with Gasteiger partial charge in [-0.3, -0.25) is 0 Å². The molecule has 0 aliphatic heterocycles. The zero-order chi connectivity index (χ0) is 14.9. The zero-order valence-electron chi connectivity index (χ0n) is 11.3. The fourth-order valence-corrected chi connectivity index (χ4v) is 1.95. The molecule has 0 saturated heterocycles. The minimum atomic E-state index is -4.33. The molecular formula is C13H14F3N3O. The van der Waals surface area contributed by atoms with Gasteiger partial charge in [0.25, 0.3) is 0 Å². The molecule has 0 aliphatic rings. The number of para-hydroxylation sites is 1. The minimum absolute atomic E-state index is 0.209. The van der Waals surface area contributed by atoms with Crippen molar-refractivity contribution in [3.63, 3.8) is 0 Å². The van der Waals surface area contributed by atoms with Gasteiger partial charge in [-0.1, -0.05) is 12.1 Å². The molecule has 20 heavy (non-hydrogen) atoms. The average molecular weight is 285 g/mol. The number of rotatable bonds is 3. The molecule has 0 radical (unpaired) electrons. The molecule has 0 bridgehead atoms. The predicted molar refractivity (Wildman–Crippen MR) is 67.5 cm³/mol. The molecule has 0 saturated carbocycles. The largest absolute Gasteiger partial charge is 0.496 e. The van der Waals surface area contributed by atoms with Crippen molar-refractivity contribution in [2.75, 3.05) is 7.11 Å². The molecule has 108 valence electrons. The van der Waals surface area contributed by atoms with Crippen LogP contribution in [0.5, 0.6) is 5.75 Å². The van der Waals surface area contributed by atoms with E-state index in [9.17, 15) is 13.2 Å². The minimum Gasteiger partial charge on any atom is -0.496 e. The summed E-state index contributed by atoms with van der Waals surface area (Å²) < 4.78 is 43.4. The van der Waals surface area contributed by atoms with Crippen LogP contribution in [0.25, 0.3) is 11.4 Å². The number of methoxy groups -OCH3 is 1. The lowest BCUT2D eigenvalue weighted by Crippen LogP contribution is -2.19. The SMILES string of the molecule is COc1c(C)cccc1-c1nc(C)n(CC(F)(F)F)n1. The lowest BCUT2D eigenvalue weighted by atomic mass is 10.1. The van der Waals surface area contributed by atoms with E-state index < -0.39 is 12.7 Å². The van der Waals surface area contributed by atoms with Crippen LogP contribution in [0.4, 0.5) is 13.2 Å². The van der Waals surface area contributed by atoms with Gasteiger partial charge in [0.05, 0.1) is 12.7 Å². The number of aromatic nitrogens is 3. The highest BCUT2D eigenvalue weighted by atomic mass is 19.4. The average Bonchev–Trinajstić information content (AvgIpc) is 2.68. The molecule has 1 heterocycles. The molecule has 0 fully saturated rings. The van der Waals surface area contributed by atoms with Crippen LogP contribution in [0.2, 0.25) is 0 Å². The first-order valence-corrected chi connectivity index (χ1v) is 5.94. The van der Waals surface area contributed by atoms with E-state index in [4.69, 9.17) is 4.74 Å². The van der Waals surface area contributed by atoms with Crippen LogP contribution in [-0.2, 0) is 6.54 Å². The van der Waals surface area contributed by atoms with Gasteiger partial charge < -0.3 is 4.74 Å². The normalized spacial score (nSPS) is 11.7. The van der Waals surface area contributed by atoms with Crippen molar-refractivity contribution in [1.29, 1.82) is 0 Å². The third-order valence-electron chi connectivity index (χ3n) is 2.84. The van der Waals surface area contributed by atoms with Crippen LogP contribution in [0.15, 0.2) is 18.2 Å². The Morgan fingerprint density at radius 3 is 2.55 bits per heavy atom. The highest BCUT2D eigenvalue weighted by Crippen LogP contribution is 2.31. The third-order valence-corrected chi connectivity index (χ3v) is 2.84. The molecule has 0 atom stereocenters. The summed E-state index contributed by atoms with van der Waals surface area (Å²) in [7, 11) is 1.51. The molecule has 0 aliphatic carbocycles. The first-order valence-electron chi connectivity index (χ1n) is 5.94. The van der Waals surface area contributed by atoms with E-state index in [-0.39, 0.29) is 11.6 Å². The van der Waals surface area contributed by atoms with Crippen LogP contribution < -0.4 is 4.74 Å². The lowest BCUT2D eigenvalue weighted by molar-refractivity contribution is -0.143. The van der Waals surface area contributed by atoms with E-state index in [0.717, 1.165) is 10.2 Å². The summed E-state index contributed by atoms with van der Waals surface area (Å²) in [4.78, 5) is 4.09. The highest BCUT2D eigenvalue weighted by molar-refractivity contribution is 5.66. The number of alkyl halides is 3. The Bertz CT molecular complexity index is 620. The zero-order valence-corrected chi connectivity index (χ0v) is 11.3. The van der Waals surface area contributed by atoms with Gasteiger partial charge >= 0.3 is 6.18 Å². The van der Waals surface area contributed by atoms with E-state index in [2.05, 4.69) is 10.1 Å². The Balaban J connectivity index is 2.45. The summed E-state index contributed by atoms with van der Waals surface area (Å²) in [6.07, 6.45) is -4.33. The van der Waals surface area contributed by atoms with Crippen LogP contribution in [0, 0.1) is 13.8 Å². The molecule has 0 unspecified atom stereocenters. The Morgan fingerprint density at radius 1 is 1.25 bits per heavy atom. The molecular weight excluding hydrogens is 271 g/mol. The van der Waals surface area contributed by atoms with Gasteiger partial charge in [0.1, 0.15) is 18.1 Å². The smallest absolute Gasteiger partial charge is 0.408 e. The second-order valence-corrected chi connectivity index (χ2v) is 4.41. The monoisotopic (exact) mass is 285 g/mol.